The van der Waals surface area contributed by atoms with E-state index >= 15 is 0 Å². The fourth-order valence-electron chi connectivity index (χ4n) is 2.04. The van der Waals surface area contributed by atoms with Crippen molar-refractivity contribution < 1.29 is 19.1 Å². The topological polar surface area (TPSA) is 60.0 Å². The second-order valence-electron chi connectivity index (χ2n) is 5.40. The summed E-state index contributed by atoms with van der Waals surface area (Å²) >= 11 is 0. The summed E-state index contributed by atoms with van der Waals surface area (Å²) in [7, 11) is 1.66. The summed E-state index contributed by atoms with van der Waals surface area (Å²) < 4.78 is 10.2. The van der Waals surface area contributed by atoms with Gasteiger partial charge in [-0.15, -0.1) is 0 Å². The van der Waals surface area contributed by atoms with Crippen LogP contribution in [0.4, 0.5) is 16.2 Å². The number of methoxy groups -OCH3 is 1. The number of rotatable bonds is 8. The van der Waals surface area contributed by atoms with Crippen LogP contribution in [0.1, 0.15) is 27.7 Å². The van der Waals surface area contributed by atoms with E-state index in [4.69, 9.17) is 14.3 Å². The lowest BCUT2D eigenvalue weighted by molar-refractivity contribution is 0.0835. The maximum absolute atomic E-state index is 12.0. The quantitative estimate of drug-likeness (QED) is 0.745. The third kappa shape index (κ3) is 5.54. The van der Waals surface area contributed by atoms with Crippen molar-refractivity contribution >= 4 is 17.5 Å². The molecule has 0 aliphatic rings. The maximum Gasteiger partial charge on any atom is 0.438 e. The van der Waals surface area contributed by atoms with E-state index in [1.807, 2.05) is 39.0 Å². The van der Waals surface area contributed by atoms with Crippen LogP contribution in [0.2, 0.25) is 0 Å². The van der Waals surface area contributed by atoms with Gasteiger partial charge < -0.3 is 14.8 Å². The zero-order valence-electron chi connectivity index (χ0n) is 14.0. The molecule has 22 heavy (non-hydrogen) atoms. The number of anilines is 2. The van der Waals surface area contributed by atoms with Gasteiger partial charge in [-0.05, 0) is 45.9 Å². The molecule has 0 radical (unpaired) electrons. The Morgan fingerprint density at radius 2 is 2.00 bits per heavy atom. The molecule has 0 aliphatic carbocycles. The highest BCUT2D eigenvalue weighted by molar-refractivity contribution is 5.86. The minimum atomic E-state index is -0.530. The fourth-order valence-corrected chi connectivity index (χ4v) is 2.04. The van der Waals surface area contributed by atoms with Gasteiger partial charge in [0, 0.05) is 12.8 Å². The lowest BCUT2D eigenvalue weighted by Gasteiger charge is -2.27. The molecule has 0 aromatic heterocycles. The zero-order valence-corrected chi connectivity index (χ0v) is 14.0. The Hall–Kier alpha value is -1.79. The van der Waals surface area contributed by atoms with Crippen LogP contribution in [0.25, 0.3) is 0 Å². The largest absolute Gasteiger partial charge is 0.448 e. The molecule has 1 aromatic rings. The number of carbonyl (C=O) groups is 1. The van der Waals surface area contributed by atoms with Crippen molar-refractivity contribution in [2.75, 3.05) is 37.3 Å². The van der Waals surface area contributed by atoms with Gasteiger partial charge in [0.2, 0.25) is 0 Å². The molecule has 1 amide bonds. The van der Waals surface area contributed by atoms with Gasteiger partial charge in [-0.2, -0.15) is 5.06 Å². The Labute approximate surface area is 132 Å². The molecule has 0 saturated heterocycles. The van der Waals surface area contributed by atoms with E-state index in [1.165, 1.54) is 0 Å². The molecule has 0 atom stereocenters. The number of hydrogen-bond donors (Lipinski definition) is 1. The van der Waals surface area contributed by atoms with Gasteiger partial charge in [0.15, 0.2) is 0 Å². The van der Waals surface area contributed by atoms with Crippen LogP contribution in [0.3, 0.4) is 0 Å². The molecule has 0 spiro atoms. The molecule has 0 unspecified atom stereocenters. The molecule has 6 nitrogen and oxygen atoms in total. The van der Waals surface area contributed by atoms with Gasteiger partial charge in [0.25, 0.3) is 0 Å². The Kier molecular flexibility index (Phi) is 7.14. The number of hydroxylamine groups is 1. The minimum Gasteiger partial charge on any atom is -0.448 e. The second-order valence-corrected chi connectivity index (χ2v) is 5.40. The number of carbonyl (C=O) groups excluding carboxylic acids is 1. The lowest BCUT2D eigenvalue weighted by atomic mass is 10.1. The van der Waals surface area contributed by atoms with Crippen molar-refractivity contribution in [3.05, 3.63) is 24.3 Å². The van der Waals surface area contributed by atoms with Crippen molar-refractivity contribution in [3.63, 3.8) is 0 Å². The summed E-state index contributed by atoms with van der Waals surface area (Å²) in [5.74, 6) is 0. The molecule has 0 bridgehead atoms. The molecule has 0 saturated carbocycles. The van der Waals surface area contributed by atoms with Crippen LogP contribution in [-0.2, 0) is 14.3 Å². The average Bonchev–Trinajstić information content (AvgIpc) is 2.44. The van der Waals surface area contributed by atoms with E-state index in [0.717, 1.165) is 10.8 Å². The zero-order chi connectivity index (χ0) is 16.6. The third-order valence-electron chi connectivity index (χ3n) is 2.76. The maximum atomic E-state index is 12.0. The van der Waals surface area contributed by atoms with Crippen LogP contribution in [0.15, 0.2) is 24.3 Å². The molecule has 1 aromatic carbocycles. The summed E-state index contributed by atoms with van der Waals surface area (Å²) in [5.41, 5.74) is 1.25. The Bertz CT molecular complexity index is 477. The smallest absolute Gasteiger partial charge is 0.438 e. The van der Waals surface area contributed by atoms with E-state index in [-0.39, 0.29) is 5.54 Å². The van der Waals surface area contributed by atoms with Gasteiger partial charge >= 0.3 is 6.09 Å². The second kappa shape index (κ2) is 8.60. The molecule has 124 valence electrons. The van der Waals surface area contributed by atoms with Crippen LogP contribution in [0.5, 0.6) is 0 Å². The number of benzene rings is 1. The van der Waals surface area contributed by atoms with Crippen molar-refractivity contribution in [1.29, 1.82) is 0 Å². The molecule has 1 rings (SSSR count). The first-order valence-corrected chi connectivity index (χ1v) is 7.40. The highest BCUT2D eigenvalue weighted by Gasteiger charge is 2.20. The average molecular weight is 310 g/mol. The summed E-state index contributed by atoms with van der Waals surface area (Å²) in [4.78, 5) is 17.4. The summed E-state index contributed by atoms with van der Waals surface area (Å²) in [6.45, 7) is 8.87. The van der Waals surface area contributed by atoms with Crippen molar-refractivity contribution in [1.82, 2.24) is 0 Å². The van der Waals surface area contributed by atoms with Crippen molar-refractivity contribution in [3.8, 4) is 0 Å². The highest BCUT2D eigenvalue weighted by Crippen LogP contribution is 2.23. The molecule has 0 fully saturated rings. The van der Waals surface area contributed by atoms with Crippen LogP contribution in [-0.4, -0.2) is 38.6 Å². The standard InChI is InChI=1S/C16H26N2O4/c1-6-21-15(19)18(22-7-2)14-10-8-9-13(11-14)17-16(3,4)12-20-5/h8-11,17H,6-7,12H2,1-5H3. The van der Waals surface area contributed by atoms with Crippen molar-refractivity contribution in [2.24, 2.45) is 0 Å². The number of ether oxygens (including phenoxy) is 2. The molecular formula is C16H26N2O4. The van der Waals surface area contributed by atoms with E-state index in [2.05, 4.69) is 5.32 Å². The van der Waals surface area contributed by atoms with E-state index in [1.54, 1.807) is 20.1 Å². The van der Waals surface area contributed by atoms with Crippen molar-refractivity contribution in [2.45, 2.75) is 33.2 Å². The first kappa shape index (κ1) is 18.3. The highest BCUT2D eigenvalue weighted by atomic mass is 16.7. The number of nitrogens with one attached hydrogen (secondary N) is 1. The Morgan fingerprint density at radius 1 is 1.27 bits per heavy atom. The monoisotopic (exact) mass is 310 g/mol. The van der Waals surface area contributed by atoms with Crippen LogP contribution in [0, 0.1) is 0 Å². The SMILES string of the molecule is CCOC(=O)N(OCC)c1cccc(NC(C)(C)COC)c1. The summed E-state index contributed by atoms with van der Waals surface area (Å²) in [6, 6.07) is 7.41. The minimum absolute atomic E-state index is 0.228. The number of hydrogen-bond acceptors (Lipinski definition) is 5. The van der Waals surface area contributed by atoms with Gasteiger partial charge in [-0.3, -0.25) is 4.84 Å². The van der Waals surface area contributed by atoms with Gasteiger partial charge in [0.05, 0.1) is 31.0 Å². The summed E-state index contributed by atoms with van der Waals surface area (Å²) in [6.07, 6.45) is -0.530. The van der Waals surface area contributed by atoms with E-state index in [0.29, 0.717) is 25.5 Å². The van der Waals surface area contributed by atoms with Crippen LogP contribution >= 0.6 is 0 Å². The predicted molar refractivity (Wildman–Crippen MR) is 87.1 cm³/mol. The van der Waals surface area contributed by atoms with Gasteiger partial charge in [-0.25, -0.2) is 4.79 Å². The molecule has 0 aliphatic heterocycles. The third-order valence-corrected chi connectivity index (χ3v) is 2.76. The van der Waals surface area contributed by atoms with E-state index < -0.39 is 6.09 Å². The normalized spacial score (nSPS) is 11.1. The van der Waals surface area contributed by atoms with Crippen LogP contribution < -0.4 is 10.4 Å². The van der Waals surface area contributed by atoms with E-state index in [9.17, 15) is 4.79 Å². The summed E-state index contributed by atoms with van der Waals surface area (Å²) in [5, 5.41) is 4.53. The Morgan fingerprint density at radius 3 is 2.59 bits per heavy atom. The molecule has 6 heteroatoms. The van der Waals surface area contributed by atoms with Gasteiger partial charge in [0.1, 0.15) is 0 Å². The molecular weight excluding hydrogens is 284 g/mol. The first-order valence-electron chi connectivity index (χ1n) is 7.40. The first-order chi connectivity index (χ1) is 10.4. The number of amides is 1. The lowest BCUT2D eigenvalue weighted by Crippen LogP contribution is -2.36. The number of nitrogens with zero attached hydrogens (tertiary/aromatic N) is 1. The predicted octanol–water partition coefficient (Wildman–Crippen LogP) is 3.44. The van der Waals surface area contributed by atoms with Gasteiger partial charge in [-0.1, -0.05) is 6.07 Å². The molecule has 1 N–H and O–H groups in total. The molecule has 0 heterocycles. The fraction of sp³-hybridized carbons (Fsp3) is 0.562. The Balaban J connectivity index is 2.94.